The normalized spacial score (nSPS) is 10.4. The van der Waals surface area contributed by atoms with Crippen LogP contribution < -0.4 is 0 Å². The predicted molar refractivity (Wildman–Crippen MR) is 29.4 cm³/mol. The Hall–Kier alpha value is -0.790. The number of rotatable bonds is 1. The molecule has 0 unspecified atom stereocenters. The van der Waals surface area contributed by atoms with E-state index in [1.165, 1.54) is 0 Å². The molecule has 1 heterocycles. The molecule has 0 N–H and O–H groups in total. The molecule has 2 heteroatoms. The van der Waals surface area contributed by atoms with Gasteiger partial charge in [-0.25, -0.2) is 0 Å². The summed E-state index contributed by atoms with van der Waals surface area (Å²) in [5.41, 5.74) is 0.963. The van der Waals surface area contributed by atoms with E-state index in [0.29, 0.717) is 5.92 Å². The molecular weight excluding hydrogens is 102 g/mol. The minimum atomic E-state index is 0.449. The van der Waals surface area contributed by atoms with Crippen molar-refractivity contribution in [3.8, 4) is 0 Å². The molecule has 1 aromatic heterocycles. The van der Waals surface area contributed by atoms with E-state index in [1.807, 2.05) is 0 Å². The Labute approximate surface area is 48.5 Å². The maximum absolute atomic E-state index is 4.64. The Balaban J connectivity index is 2.77. The standard InChI is InChI=1S/C6H8NO/c1-5(2)6-3-8-4-7-6/h3,5H,1-2H3/q-1. The first kappa shape index (κ1) is 5.35. The Morgan fingerprint density at radius 2 is 2.50 bits per heavy atom. The summed E-state index contributed by atoms with van der Waals surface area (Å²) < 4.78 is 4.64. The van der Waals surface area contributed by atoms with Gasteiger partial charge in [-0.1, -0.05) is 25.5 Å². The summed E-state index contributed by atoms with van der Waals surface area (Å²) in [5.74, 6) is 0.449. The SMILES string of the molecule is CC(C)c1co[c-]n1. The number of nitrogens with zero attached hydrogens (tertiary/aromatic N) is 1. The van der Waals surface area contributed by atoms with Crippen LogP contribution in [0.1, 0.15) is 25.5 Å². The van der Waals surface area contributed by atoms with Crippen LogP contribution in [0.5, 0.6) is 0 Å². The number of hydrogen-bond acceptors (Lipinski definition) is 2. The van der Waals surface area contributed by atoms with Gasteiger partial charge in [-0.2, -0.15) is 0 Å². The fourth-order valence-electron chi connectivity index (χ4n) is 0.457. The van der Waals surface area contributed by atoms with Crippen molar-refractivity contribution in [2.45, 2.75) is 19.8 Å². The van der Waals surface area contributed by atoms with E-state index < -0.39 is 0 Å². The number of oxazole rings is 1. The lowest BCUT2D eigenvalue weighted by molar-refractivity contribution is 0.545. The second kappa shape index (κ2) is 1.99. The van der Waals surface area contributed by atoms with Crippen LogP contribution in [0.3, 0.4) is 0 Å². The van der Waals surface area contributed by atoms with Gasteiger partial charge in [0.15, 0.2) is 0 Å². The first-order chi connectivity index (χ1) is 3.80. The third kappa shape index (κ3) is 0.886. The maximum Gasteiger partial charge on any atom is 0.102 e. The van der Waals surface area contributed by atoms with Crippen molar-refractivity contribution in [3.05, 3.63) is 18.4 Å². The Morgan fingerprint density at radius 1 is 1.75 bits per heavy atom. The number of aromatic nitrogens is 1. The fourth-order valence-corrected chi connectivity index (χ4v) is 0.457. The minimum Gasteiger partial charge on any atom is -0.581 e. The molecule has 1 rings (SSSR count). The van der Waals surface area contributed by atoms with Gasteiger partial charge in [0, 0.05) is 0 Å². The zero-order valence-electron chi connectivity index (χ0n) is 5.01. The summed E-state index contributed by atoms with van der Waals surface area (Å²) in [6.07, 6.45) is 4.00. The first-order valence-electron chi connectivity index (χ1n) is 2.62. The smallest absolute Gasteiger partial charge is 0.102 e. The van der Waals surface area contributed by atoms with E-state index in [1.54, 1.807) is 6.26 Å². The van der Waals surface area contributed by atoms with Crippen LogP contribution in [-0.2, 0) is 0 Å². The average Bonchev–Trinajstić information content (AvgIpc) is 2.12. The van der Waals surface area contributed by atoms with Crippen molar-refractivity contribution in [1.29, 1.82) is 0 Å². The van der Waals surface area contributed by atoms with Gasteiger partial charge in [0.2, 0.25) is 0 Å². The zero-order valence-corrected chi connectivity index (χ0v) is 5.01. The van der Waals surface area contributed by atoms with Crippen LogP contribution in [-0.4, -0.2) is 4.98 Å². The van der Waals surface area contributed by atoms with Gasteiger partial charge in [-0.15, -0.1) is 0 Å². The van der Waals surface area contributed by atoms with Crippen LogP contribution in [0.25, 0.3) is 0 Å². The lowest BCUT2D eigenvalue weighted by atomic mass is 10.2. The molecule has 2 nitrogen and oxygen atoms in total. The molecule has 1 aromatic rings. The van der Waals surface area contributed by atoms with E-state index >= 15 is 0 Å². The Morgan fingerprint density at radius 3 is 2.75 bits per heavy atom. The topological polar surface area (TPSA) is 26.0 Å². The van der Waals surface area contributed by atoms with Crippen molar-refractivity contribution >= 4 is 0 Å². The van der Waals surface area contributed by atoms with Crippen molar-refractivity contribution in [2.75, 3.05) is 0 Å². The first-order valence-corrected chi connectivity index (χ1v) is 2.62. The van der Waals surface area contributed by atoms with Gasteiger partial charge < -0.3 is 9.40 Å². The van der Waals surface area contributed by atoms with Gasteiger partial charge in [0.25, 0.3) is 0 Å². The molecule has 0 saturated carbocycles. The van der Waals surface area contributed by atoms with Crippen molar-refractivity contribution < 1.29 is 4.42 Å². The second-order valence-electron chi connectivity index (χ2n) is 2.02. The molecule has 0 saturated heterocycles. The third-order valence-corrected chi connectivity index (χ3v) is 0.999. The molecule has 0 bridgehead atoms. The van der Waals surface area contributed by atoms with E-state index in [-0.39, 0.29) is 0 Å². The van der Waals surface area contributed by atoms with Crippen LogP contribution in [0, 0.1) is 6.39 Å². The largest absolute Gasteiger partial charge is 0.581 e. The summed E-state index contributed by atoms with van der Waals surface area (Å²) in [6, 6.07) is 0. The van der Waals surface area contributed by atoms with Crippen LogP contribution in [0.2, 0.25) is 0 Å². The van der Waals surface area contributed by atoms with E-state index in [4.69, 9.17) is 0 Å². The Bertz CT molecular complexity index is 144. The van der Waals surface area contributed by atoms with E-state index in [0.717, 1.165) is 5.69 Å². The van der Waals surface area contributed by atoms with Gasteiger partial charge in [-0.3, -0.25) is 0 Å². The lowest BCUT2D eigenvalue weighted by Gasteiger charge is -2.02. The highest BCUT2D eigenvalue weighted by Crippen LogP contribution is 2.08. The van der Waals surface area contributed by atoms with Crippen LogP contribution in [0.15, 0.2) is 10.7 Å². The van der Waals surface area contributed by atoms with Gasteiger partial charge in [-0.05, 0) is 6.26 Å². The molecule has 44 valence electrons. The maximum atomic E-state index is 4.64. The highest BCUT2D eigenvalue weighted by molar-refractivity contribution is 4.96. The van der Waals surface area contributed by atoms with Crippen molar-refractivity contribution in [2.24, 2.45) is 0 Å². The van der Waals surface area contributed by atoms with Crippen LogP contribution >= 0.6 is 0 Å². The molecule has 0 fully saturated rings. The molecular formula is C6H8NO-. The monoisotopic (exact) mass is 110 g/mol. The van der Waals surface area contributed by atoms with Crippen molar-refractivity contribution in [1.82, 2.24) is 4.98 Å². The number of hydrogen-bond donors (Lipinski definition) is 0. The van der Waals surface area contributed by atoms with Crippen LogP contribution in [0.4, 0.5) is 0 Å². The van der Waals surface area contributed by atoms with E-state index in [9.17, 15) is 0 Å². The average molecular weight is 110 g/mol. The lowest BCUT2D eigenvalue weighted by Crippen LogP contribution is -1.83. The second-order valence-corrected chi connectivity index (χ2v) is 2.02. The molecule has 0 aliphatic carbocycles. The molecule has 0 radical (unpaired) electrons. The highest BCUT2D eigenvalue weighted by atomic mass is 16.3. The summed E-state index contributed by atoms with van der Waals surface area (Å²) in [5, 5.41) is 0. The summed E-state index contributed by atoms with van der Waals surface area (Å²) in [7, 11) is 0. The minimum absolute atomic E-state index is 0.449. The molecule has 0 aromatic carbocycles. The van der Waals surface area contributed by atoms with Gasteiger partial charge in [0.05, 0.1) is 0 Å². The Kier molecular flexibility index (Phi) is 1.33. The highest BCUT2D eigenvalue weighted by Gasteiger charge is 1.88. The summed E-state index contributed by atoms with van der Waals surface area (Å²) in [4.78, 5) is 3.82. The molecule has 0 aliphatic rings. The molecule has 0 aliphatic heterocycles. The molecule has 0 spiro atoms. The predicted octanol–water partition coefficient (Wildman–Crippen LogP) is 1.60. The van der Waals surface area contributed by atoms with Gasteiger partial charge in [0.1, 0.15) is 6.39 Å². The fraction of sp³-hybridized carbons (Fsp3) is 0.500. The zero-order chi connectivity index (χ0) is 5.98. The molecule has 0 atom stereocenters. The molecule has 8 heavy (non-hydrogen) atoms. The quantitative estimate of drug-likeness (QED) is 0.513. The third-order valence-electron chi connectivity index (χ3n) is 0.999. The van der Waals surface area contributed by atoms with Crippen molar-refractivity contribution in [3.63, 3.8) is 0 Å². The van der Waals surface area contributed by atoms with Gasteiger partial charge >= 0.3 is 0 Å². The molecule has 0 amide bonds. The van der Waals surface area contributed by atoms with E-state index in [2.05, 4.69) is 29.6 Å². The summed E-state index contributed by atoms with van der Waals surface area (Å²) in [6.45, 7) is 4.12. The summed E-state index contributed by atoms with van der Waals surface area (Å²) >= 11 is 0.